The van der Waals surface area contributed by atoms with E-state index in [0.717, 1.165) is 45.9 Å². The van der Waals surface area contributed by atoms with Gasteiger partial charge in [0, 0.05) is 29.1 Å². The first-order valence-electron chi connectivity index (χ1n) is 20.8. The molecule has 4 nitrogen and oxygen atoms in total. The van der Waals surface area contributed by atoms with E-state index in [1.165, 1.54) is 38.2 Å². The number of hydrogen-bond donors (Lipinski definition) is 3. The van der Waals surface area contributed by atoms with Gasteiger partial charge in [0.1, 0.15) is 0 Å². The van der Waals surface area contributed by atoms with E-state index in [2.05, 4.69) is 134 Å². The summed E-state index contributed by atoms with van der Waals surface area (Å²) in [4.78, 5) is 5.06. The van der Waals surface area contributed by atoms with Gasteiger partial charge in [0.05, 0.1) is 17.1 Å². The molecule has 0 bridgehead atoms. The molecule has 0 fully saturated rings. The number of rotatable bonds is 12. The highest BCUT2D eigenvalue weighted by Crippen LogP contribution is 2.40. The predicted molar refractivity (Wildman–Crippen MR) is 262 cm³/mol. The number of hydrogen-bond acceptors (Lipinski definition) is 4. The van der Waals surface area contributed by atoms with Gasteiger partial charge in [0.25, 0.3) is 0 Å². The van der Waals surface area contributed by atoms with E-state index in [0.29, 0.717) is 17.8 Å². The fourth-order valence-electron chi connectivity index (χ4n) is 7.37. The average Bonchev–Trinajstić information content (AvgIpc) is 3.32. The Hall–Kier alpha value is -7.69. The predicted octanol–water partition coefficient (Wildman–Crippen LogP) is 14.1. The molecule has 0 aliphatic carbocycles. The van der Waals surface area contributed by atoms with E-state index in [1.807, 2.05) is 110 Å². The second-order valence-electron chi connectivity index (χ2n) is 14.8. The Morgan fingerprint density at radius 1 is 0.557 bits per heavy atom. The maximum atomic E-state index is 6.89. The molecule has 8 rings (SSSR count). The second kappa shape index (κ2) is 20.8. The van der Waals surface area contributed by atoms with Crippen molar-refractivity contribution in [1.82, 2.24) is 4.98 Å². The van der Waals surface area contributed by atoms with Crippen molar-refractivity contribution in [3.63, 3.8) is 0 Å². The highest BCUT2D eigenvalue weighted by molar-refractivity contribution is 6.15. The van der Waals surface area contributed by atoms with Crippen LogP contribution in [-0.2, 0) is 6.42 Å². The summed E-state index contributed by atoms with van der Waals surface area (Å²) < 4.78 is 0. The fraction of sp³-hybridized carbons (Fsp3) is 0.0702. The number of nitrogens with one attached hydrogen (secondary N) is 1. The minimum atomic E-state index is 0.504. The number of aromatic nitrogens is 1. The summed E-state index contributed by atoms with van der Waals surface area (Å²) in [7, 11) is 0. The third-order valence-electron chi connectivity index (χ3n) is 10.4. The molecule has 1 heterocycles. The Morgan fingerprint density at radius 2 is 1.15 bits per heavy atom. The number of nitrogens with two attached hydrogens (primary N) is 2. The Balaban J connectivity index is 0.000000729. The molecule has 8 aromatic rings. The standard InChI is InChI=1S/C50H44N4.C7H8/c1-2-3-4-11-23-40-41-24-12-14-26-43(41)49(44-27-15-13-25-42(40)44)38-32-34-39(35-33-38)53-50(48-31-18-30-47(54-48)37-21-9-6-10-22-37)46(52)29-17-16-28-45(51)36-19-7-5-8-20-36;1-7-5-3-2-4-6-7/h2-22,24-28,30-35,53H,23,29,51-52H2,1H3;2-6H,1H3/b3-2-,11-4-,17-16-,45-28-,50-46-;. The van der Waals surface area contributed by atoms with E-state index >= 15 is 0 Å². The first-order chi connectivity index (χ1) is 30.0. The number of nitrogens with zero attached hydrogens (tertiary/aromatic N) is 1. The molecule has 300 valence electrons. The summed E-state index contributed by atoms with van der Waals surface area (Å²) >= 11 is 0. The largest absolute Gasteiger partial charge is 0.400 e. The minimum Gasteiger partial charge on any atom is -0.400 e. The van der Waals surface area contributed by atoms with Gasteiger partial charge in [-0.15, -0.1) is 0 Å². The number of pyridine rings is 1. The fourth-order valence-corrected chi connectivity index (χ4v) is 7.37. The molecule has 0 amide bonds. The molecule has 7 aromatic carbocycles. The van der Waals surface area contributed by atoms with Crippen LogP contribution in [0.25, 0.3) is 55.3 Å². The summed E-state index contributed by atoms with van der Waals surface area (Å²) in [6, 6.07) is 62.6. The van der Waals surface area contributed by atoms with E-state index in [9.17, 15) is 0 Å². The van der Waals surface area contributed by atoms with Gasteiger partial charge in [-0.3, -0.25) is 0 Å². The SMILES string of the molecule is C/C=C\C=C/Cc1c2ccccc2c(-c2ccc(N/C(=C(\N)C/C=C\C=C(/N)c3ccccc3)c3cccc(-c4ccccc4)n3)cc2)c2ccccc12.Cc1ccccc1. The number of fused-ring (bicyclic) bond motifs is 2. The molecule has 0 spiro atoms. The van der Waals surface area contributed by atoms with Crippen LogP contribution in [0.1, 0.15) is 35.7 Å². The molecular weight excluding hydrogens is 741 g/mol. The van der Waals surface area contributed by atoms with Crippen molar-refractivity contribution in [2.45, 2.75) is 26.7 Å². The topological polar surface area (TPSA) is 77.0 Å². The van der Waals surface area contributed by atoms with Gasteiger partial charge in [-0.05, 0) is 94.4 Å². The highest BCUT2D eigenvalue weighted by Gasteiger charge is 2.16. The highest BCUT2D eigenvalue weighted by atomic mass is 14.9. The van der Waals surface area contributed by atoms with Gasteiger partial charge in [-0.2, -0.15) is 0 Å². The molecule has 0 aliphatic rings. The maximum Gasteiger partial charge on any atom is 0.0889 e. The van der Waals surface area contributed by atoms with Crippen molar-refractivity contribution in [2.75, 3.05) is 5.32 Å². The number of allylic oxidation sites excluding steroid dienone is 7. The van der Waals surface area contributed by atoms with Crippen LogP contribution < -0.4 is 16.8 Å². The normalized spacial score (nSPS) is 12.2. The monoisotopic (exact) mass is 792 g/mol. The van der Waals surface area contributed by atoms with Crippen LogP contribution in [0.15, 0.2) is 230 Å². The van der Waals surface area contributed by atoms with Crippen LogP contribution in [0, 0.1) is 6.92 Å². The summed E-state index contributed by atoms with van der Waals surface area (Å²) in [6.45, 7) is 4.12. The molecule has 61 heavy (non-hydrogen) atoms. The summed E-state index contributed by atoms with van der Waals surface area (Å²) in [5, 5.41) is 8.68. The quantitative estimate of drug-likeness (QED) is 0.0850. The second-order valence-corrected chi connectivity index (χ2v) is 14.8. The van der Waals surface area contributed by atoms with Gasteiger partial charge in [-0.1, -0.05) is 200 Å². The number of aryl methyl sites for hydroxylation is 1. The summed E-state index contributed by atoms with van der Waals surface area (Å²) in [5.74, 6) is 0. The van der Waals surface area contributed by atoms with Crippen molar-refractivity contribution in [1.29, 1.82) is 0 Å². The van der Waals surface area contributed by atoms with Gasteiger partial charge in [-0.25, -0.2) is 4.98 Å². The third-order valence-corrected chi connectivity index (χ3v) is 10.4. The molecule has 0 saturated heterocycles. The van der Waals surface area contributed by atoms with Crippen LogP contribution in [0.4, 0.5) is 5.69 Å². The Labute approximate surface area is 360 Å². The Bertz CT molecular complexity index is 2780. The van der Waals surface area contributed by atoms with Gasteiger partial charge in [0.15, 0.2) is 0 Å². The molecule has 0 aliphatic heterocycles. The number of anilines is 1. The van der Waals surface area contributed by atoms with Crippen molar-refractivity contribution in [3.05, 3.63) is 253 Å². The van der Waals surface area contributed by atoms with E-state index in [1.54, 1.807) is 0 Å². The molecule has 4 heteroatoms. The van der Waals surface area contributed by atoms with E-state index in [-0.39, 0.29) is 0 Å². The molecule has 1 aromatic heterocycles. The zero-order valence-electron chi connectivity index (χ0n) is 34.9. The lowest BCUT2D eigenvalue weighted by Crippen LogP contribution is -2.10. The summed E-state index contributed by atoms with van der Waals surface area (Å²) in [6.07, 6.45) is 15.7. The van der Waals surface area contributed by atoms with Crippen LogP contribution in [0.2, 0.25) is 0 Å². The molecule has 0 unspecified atom stereocenters. The maximum absolute atomic E-state index is 6.89. The zero-order valence-corrected chi connectivity index (χ0v) is 34.9. The third kappa shape index (κ3) is 10.7. The minimum absolute atomic E-state index is 0.504. The van der Waals surface area contributed by atoms with Crippen molar-refractivity contribution in [2.24, 2.45) is 11.5 Å². The molecular formula is C57H52N4. The smallest absolute Gasteiger partial charge is 0.0889 e. The first-order valence-corrected chi connectivity index (χ1v) is 20.8. The van der Waals surface area contributed by atoms with Crippen molar-refractivity contribution < 1.29 is 0 Å². The number of benzene rings is 7. The van der Waals surface area contributed by atoms with Crippen LogP contribution in [0.3, 0.4) is 0 Å². The summed E-state index contributed by atoms with van der Waals surface area (Å²) in [5.41, 5.74) is 25.0. The lowest BCUT2D eigenvalue weighted by Gasteiger charge is -2.18. The van der Waals surface area contributed by atoms with Crippen molar-refractivity contribution in [3.8, 4) is 22.4 Å². The Kier molecular flexibility index (Phi) is 14.2. The molecule has 0 atom stereocenters. The molecule has 5 N–H and O–H groups in total. The Morgan fingerprint density at radius 3 is 1.75 bits per heavy atom. The van der Waals surface area contributed by atoms with E-state index in [4.69, 9.17) is 16.5 Å². The van der Waals surface area contributed by atoms with Crippen LogP contribution in [-0.4, -0.2) is 4.98 Å². The van der Waals surface area contributed by atoms with Gasteiger partial charge < -0.3 is 16.8 Å². The lowest BCUT2D eigenvalue weighted by atomic mass is 9.87. The first kappa shape index (κ1) is 41.5. The van der Waals surface area contributed by atoms with Crippen LogP contribution in [0.5, 0.6) is 0 Å². The zero-order chi connectivity index (χ0) is 42.2. The molecule has 0 saturated carbocycles. The lowest BCUT2D eigenvalue weighted by molar-refractivity contribution is 1.14. The van der Waals surface area contributed by atoms with Crippen LogP contribution >= 0.6 is 0 Å². The van der Waals surface area contributed by atoms with Crippen molar-refractivity contribution >= 4 is 38.6 Å². The molecule has 0 radical (unpaired) electrons. The van der Waals surface area contributed by atoms with Gasteiger partial charge >= 0.3 is 0 Å². The van der Waals surface area contributed by atoms with E-state index < -0.39 is 0 Å². The average molecular weight is 793 g/mol. The van der Waals surface area contributed by atoms with Gasteiger partial charge in [0.2, 0.25) is 0 Å².